The van der Waals surface area contributed by atoms with Crippen LogP contribution in [-0.2, 0) is 6.61 Å². The van der Waals surface area contributed by atoms with Gasteiger partial charge in [0.05, 0.1) is 17.1 Å². The first-order valence-electron chi connectivity index (χ1n) is 7.15. The number of hydrogen-bond donors (Lipinski definition) is 1. The van der Waals surface area contributed by atoms with Crippen molar-refractivity contribution in [3.8, 4) is 0 Å². The van der Waals surface area contributed by atoms with Gasteiger partial charge < -0.3 is 10.0 Å². The summed E-state index contributed by atoms with van der Waals surface area (Å²) < 4.78 is 0. The van der Waals surface area contributed by atoms with Crippen LogP contribution in [0.1, 0.15) is 32.8 Å². The Morgan fingerprint density at radius 1 is 1.38 bits per heavy atom. The molecule has 0 aliphatic carbocycles. The van der Waals surface area contributed by atoms with Gasteiger partial charge in [-0.3, -0.25) is 10.1 Å². The van der Waals surface area contributed by atoms with Crippen molar-refractivity contribution < 1.29 is 10.0 Å². The van der Waals surface area contributed by atoms with Crippen LogP contribution in [0.3, 0.4) is 0 Å². The Labute approximate surface area is 125 Å². The van der Waals surface area contributed by atoms with E-state index in [1.807, 2.05) is 0 Å². The predicted molar refractivity (Wildman–Crippen MR) is 83.4 cm³/mol. The topological polar surface area (TPSA) is 66.6 Å². The summed E-state index contributed by atoms with van der Waals surface area (Å²) in [5.74, 6) is 0. The van der Waals surface area contributed by atoms with Gasteiger partial charge in [0.1, 0.15) is 0 Å². The van der Waals surface area contributed by atoms with Gasteiger partial charge in [-0.25, -0.2) is 0 Å². The van der Waals surface area contributed by atoms with Gasteiger partial charge >= 0.3 is 0 Å². The molecule has 0 unspecified atom stereocenters. The van der Waals surface area contributed by atoms with Crippen molar-refractivity contribution >= 4 is 11.4 Å². The predicted octanol–water partition coefficient (Wildman–Crippen LogP) is 3.27. The summed E-state index contributed by atoms with van der Waals surface area (Å²) in [6, 6.07) is 4.95. The fraction of sp³-hybridized carbons (Fsp3) is 0.500. The molecule has 1 aliphatic heterocycles. The molecule has 0 fully saturated rings. The maximum atomic E-state index is 10.9. The highest BCUT2D eigenvalue weighted by Gasteiger charge is 2.22. The fourth-order valence-electron chi connectivity index (χ4n) is 2.66. The molecule has 5 nitrogen and oxygen atoms in total. The summed E-state index contributed by atoms with van der Waals surface area (Å²) in [6.45, 7) is 8.01. The minimum absolute atomic E-state index is 0.0239. The number of hydrogen-bond acceptors (Lipinski definition) is 4. The quantitative estimate of drug-likeness (QED) is 0.527. The van der Waals surface area contributed by atoms with Crippen molar-refractivity contribution in [3.05, 3.63) is 45.5 Å². The molecule has 1 heterocycles. The lowest BCUT2D eigenvalue weighted by atomic mass is 9.83. The zero-order chi connectivity index (χ0) is 15.6. The minimum Gasteiger partial charge on any atom is -0.391 e. The van der Waals surface area contributed by atoms with E-state index in [1.165, 1.54) is 11.6 Å². The van der Waals surface area contributed by atoms with Crippen LogP contribution >= 0.6 is 0 Å². The second-order valence-electron chi connectivity index (χ2n) is 6.40. The van der Waals surface area contributed by atoms with Crippen LogP contribution in [0, 0.1) is 15.5 Å². The average molecular weight is 290 g/mol. The molecule has 0 bridgehead atoms. The first-order valence-corrected chi connectivity index (χ1v) is 7.15. The number of anilines is 1. The van der Waals surface area contributed by atoms with Crippen LogP contribution in [-0.4, -0.2) is 23.1 Å². The molecule has 0 spiro atoms. The number of nitrogens with zero attached hydrogens (tertiary/aromatic N) is 2. The third-order valence-electron chi connectivity index (χ3n) is 3.97. The molecular weight excluding hydrogens is 268 g/mol. The van der Waals surface area contributed by atoms with Gasteiger partial charge in [0.25, 0.3) is 5.69 Å². The lowest BCUT2D eigenvalue weighted by Gasteiger charge is -2.33. The summed E-state index contributed by atoms with van der Waals surface area (Å²) in [5.41, 5.74) is 2.90. The Morgan fingerprint density at radius 2 is 2.10 bits per heavy atom. The molecule has 0 saturated carbocycles. The van der Waals surface area contributed by atoms with E-state index in [4.69, 9.17) is 0 Å². The Hall–Kier alpha value is -1.88. The normalized spacial score (nSPS) is 15.8. The Kier molecular flexibility index (Phi) is 4.32. The van der Waals surface area contributed by atoms with Crippen LogP contribution < -0.4 is 4.90 Å². The van der Waals surface area contributed by atoms with Crippen molar-refractivity contribution in [2.75, 3.05) is 18.0 Å². The van der Waals surface area contributed by atoms with Gasteiger partial charge in [-0.1, -0.05) is 32.4 Å². The van der Waals surface area contributed by atoms with E-state index in [-0.39, 0.29) is 17.7 Å². The van der Waals surface area contributed by atoms with Gasteiger partial charge in [0.2, 0.25) is 0 Å². The van der Waals surface area contributed by atoms with Crippen LogP contribution in [0.5, 0.6) is 0 Å². The number of aliphatic hydroxyl groups is 1. The number of rotatable bonds is 3. The highest BCUT2D eigenvalue weighted by Crippen LogP contribution is 2.32. The monoisotopic (exact) mass is 290 g/mol. The summed E-state index contributed by atoms with van der Waals surface area (Å²) in [7, 11) is 0. The van der Waals surface area contributed by atoms with Crippen molar-refractivity contribution in [3.63, 3.8) is 0 Å². The maximum absolute atomic E-state index is 10.9. The Morgan fingerprint density at radius 3 is 2.57 bits per heavy atom. The summed E-state index contributed by atoms with van der Waals surface area (Å²) in [6.07, 6.45) is 3.23. The van der Waals surface area contributed by atoms with Crippen molar-refractivity contribution in [1.29, 1.82) is 0 Å². The van der Waals surface area contributed by atoms with Crippen molar-refractivity contribution in [2.45, 2.75) is 33.8 Å². The molecule has 2 rings (SSSR count). The van der Waals surface area contributed by atoms with Gasteiger partial charge in [0.15, 0.2) is 0 Å². The highest BCUT2D eigenvalue weighted by molar-refractivity contribution is 5.56. The second kappa shape index (κ2) is 5.85. The molecule has 0 radical (unpaired) electrons. The summed E-state index contributed by atoms with van der Waals surface area (Å²) in [5, 5.41) is 20.2. The highest BCUT2D eigenvalue weighted by atomic mass is 16.6. The summed E-state index contributed by atoms with van der Waals surface area (Å²) >= 11 is 0. The van der Waals surface area contributed by atoms with Gasteiger partial charge in [0, 0.05) is 24.8 Å². The molecule has 1 aromatic rings. The van der Waals surface area contributed by atoms with Crippen LogP contribution in [0.4, 0.5) is 11.4 Å². The molecule has 5 heteroatoms. The van der Waals surface area contributed by atoms with Crippen LogP contribution in [0.2, 0.25) is 0 Å². The van der Waals surface area contributed by atoms with E-state index in [0.717, 1.165) is 25.2 Å². The SMILES string of the molecule is CC(C)(C)C1=CCN(c2ccc([N+](=O)[O-])c(CO)c2)CC1. The first kappa shape index (κ1) is 15.5. The molecular formula is C16H22N2O3. The van der Waals surface area contributed by atoms with E-state index >= 15 is 0 Å². The van der Waals surface area contributed by atoms with Crippen molar-refractivity contribution in [1.82, 2.24) is 0 Å². The Balaban J connectivity index is 2.21. The number of nitro groups is 1. The molecule has 1 aromatic carbocycles. The molecule has 114 valence electrons. The van der Waals surface area contributed by atoms with Gasteiger partial charge in [-0.05, 0) is 24.0 Å². The fourth-order valence-corrected chi connectivity index (χ4v) is 2.66. The van der Waals surface area contributed by atoms with E-state index in [1.54, 1.807) is 12.1 Å². The molecule has 1 aliphatic rings. The number of aliphatic hydroxyl groups excluding tert-OH is 1. The summed E-state index contributed by atoms with van der Waals surface area (Å²) in [4.78, 5) is 12.6. The number of nitro benzene ring substituents is 1. The molecule has 0 saturated heterocycles. The van der Waals surface area contributed by atoms with Crippen molar-refractivity contribution in [2.24, 2.45) is 5.41 Å². The Bertz CT molecular complexity index is 573. The maximum Gasteiger partial charge on any atom is 0.275 e. The third kappa shape index (κ3) is 3.42. The van der Waals surface area contributed by atoms with E-state index < -0.39 is 4.92 Å². The van der Waals surface area contributed by atoms with E-state index in [2.05, 4.69) is 31.7 Å². The van der Waals surface area contributed by atoms with E-state index in [0.29, 0.717) is 5.56 Å². The largest absolute Gasteiger partial charge is 0.391 e. The van der Waals surface area contributed by atoms with Gasteiger partial charge in [-0.15, -0.1) is 0 Å². The molecule has 0 aromatic heterocycles. The third-order valence-corrected chi connectivity index (χ3v) is 3.97. The second-order valence-corrected chi connectivity index (χ2v) is 6.40. The average Bonchev–Trinajstić information content (AvgIpc) is 2.45. The lowest BCUT2D eigenvalue weighted by molar-refractivity contribution is -0.385. The number of benzene rings is 1. The molecule has 1 N–H and O–H groups in total. The molecule has 0 atom stereocenters. The minimum atomic E-state index is -0.455. The smallest absolute Gasteiger partial charge is 0.275 e. The lowest BCUT2D eigenvalue weighted by Crippen LogP contribution is -2.31. The van der Waals surface area contributed by atoms with Crippen LogP contribution in [0.25, 0.3) is 0 Å². The molecule has 21 heavy (non-hydrogen) atoms. The zero-order valence-corrected chi connectivity index (χ0v) is 12.8. The standard InChI is InChI=1S/C16H22N2O3/c1-16(2,3)13-6-8-17(9-7-13)14-4-5-15(18(20)21)12(10-14)11-19/h4-6,10,19H,7-9,11H2,1-3H3. The van der Waals surface area contributed by atoms with Gasteiger partial charge in [-0.2, -0.15) is 0 Å². The van der Waals surface area contributed by atoms with E-state index in [9.17, 15) is 15.2 Å². The first-order chi connectivity index (χ1) is 9.82. The van der Waals surface area contributed by atoms with Crippen LogP contribution in [0.15, 0.2) is 29.8 Å². The zero-order valence-electron chi connectivity index (χ0n) is 12.8. The molecule has 0 amide bonds.